The van der Waals surface area contributed by atoms with E-state index < -0.39 is 0 Å². The predicted octanol–water partition coefficient (Wildman–Crippen LogP) is 2.79. The van der Waals surface area contributed by atoms with Gasteiger partial charge in [0.1, 0.15) is 5.76 Å². The molecule has 0 amide bonds. The van der Waals surface area contributed by atoms with Crippen molar-refractivity contribution in [3.05, 3.63) is 23.7 Å². The van der Waals surface area contributed by atoms with Crippen molar-refractivity contribution in [2.45, 2.75) is 33.1 Å². The molecule has 0 N–H and O–H groups in total. The van der Waals surface area contributed by atoms with Crippen LogP contribution in [0.4, 0.5) is 0 Å². The molecular formula is C9H14O. The molecule has 0 spiro atoms. The maximum absolute atomic E-state index is 5.27. The number of aryl methyl sites for hydroxylation is 2. The Bertz CT molecular complexity index is 188. The Balaban J connectivity index is 2.70. The zero-order valence-corrected chi connectivity index (χ0v) is 6.68. The molecule has 0 saturated heterocycles. The molecule has 0 fully saturated rings. The van der Waals surface area contributed by atoms with E-state index >= 15 is 0 Å². The van der Waals surface area contributed by atoms with Gasteiger partial charge < -0.3 is 4.42 Å². The lowest BCUT2D eigenvalue weighted by Crippen LogP contribution is -1.85. The van der Waals surface area contributed by atoms with Crippen molar-refractivity contribution in [2.75, 3.05) is 0 Å². The van der Waals surface area contributed by atoms with Crippen molar-refractivity contribution in [3.8, 4) is 0 Å². The van der Waals surface area contributed by atoms with E-state index in [1.165, 1.54) is 12.0 Å². The molecule has 1 heterocycles. The minimum atomic E-state index is 1.02. The Kier molecular flexibility index (Phi) is 2.55. The smallest absolute Gasteiger partial charge is 0.106 e. The van der Waals surface area contributed by atoms with Crippen LogP contribution in [-0.4, -0.2) is 0 Å². The van der Waals surface area contributed by atoms with Crippen LogP contribution >= 0.6 is 0 Å². The molecule has 1 nitrogen and oxygen atoms in total. The zero-order chi connectivity index (χ0) is 7.40. The average molecular weight is 138 g/mol. The van der Waals surface area contributed by atoms with Crippen molar-refractivity contribution in [3.63, 3.8) is 0 Å². The third-order valence-corrected chi connectivity index (χ3v) is 1.68. The van der Waals surface area contributed by atoms with Gasteiger partial charge in [0, 0.05) is 6.42 Å². The van der Waals surface area contributed by atoms with Gasteiger partial charge in [0.25, 0.3) is 0 Å². The van der Waals surface area contributed by atoms with E-state index in [9.17, 15) is 0 Å². The van der Waals surface area contributed by atoms with Gasteiger partial charge in [-0.15, -0.1) is 0 Å². The first kappa shape index (κ1) is 7.39. The van der Waals surface area contributed by atoms with Gasteiger partial charge in [-0.05, 0) is 18.1 Å². The maximum atomic E-state index is 5.27. The molecule has 10 heavy (non-hydrogen) atoms. The van der Waals surface area contributed by atoms with E-state index in [4.69, 9.17) is 4.42 Å². The highest BCUT2D eigenvalue weighted by Crippen LogP contribution is 2.12. The molecule has 0 bridgehead atoms. The lowest BCUT2D eigenvalue weighted by Gasteiger charge is -1.94. The molecule has 1 aromatic rings. The van der Waals surface area contributed by atoms with E-state index in [0.717, 1.165) is 18.6 Å². The van der Waals surface area contributed by atoms with Crippen LogP contribution in [0.5, 0.6) is 0 Å². The largest absolute Gasteiger partial charge is 0.469 e. The summed E-state index contributed by atoms with van der Waals surface area (Å²) in [6.45, 7) is 4.31. The fourth-order valence-electron chi connectivity index (χ4n) is 1.17. The van der Waals surface area contributed by atoms with E-state index in [2.05, 4.69) is 19.9 Å². The van der Waals surface area contributed by atoms with Crippen LogP contribution in [0.3, 0.4) is 0 Å². The van der Waals surface area contributed by atoms with E-state index in [-0.39, 0.29) is 0 Å². The topological polar surface area (TPSA) is 13.1 Å². The number of hydrogen-bond acceptors (Lipinski definition) is 1. The lowest BCUT2D eigenvalue weighted by atomic mass is 10.1. The first-order chi connectivity index (χ1) is 4.88. The first-order valence-electron chi connectivity index (χ1n) is 3.93. The van der Waals surface area contributed by atoms with E-state index in [1.54, 1.807) is 6.26 Å². The van der Waals surface area contributed by atoms with Crippen LogP contribution in [-0.2, 0) is 12.8 Å². The standard InChI is InChI=1S/C9H14O/c1-3-5-8-6-7-10-9(8)4-2/h6-7H,3-5H2,1-2H3. The summed E-state index contributed by atoms with van der Waals surface area (Å²) in [6.07, 6.45) is 5.15. The Morgan fingerprint density at radius 2 is 2.20 bits per heavy atom. The summed E-state index contributed by atoms with van der Waals surface area (Å²) in [7, 11) is 0. The number of rotatable bonds is 3. The highest BCUT2D eigenvalue weighted by atomic mass is 16.3. The van der Waals surface area contributed by atoms with Gasteiger partial charge >= 0.3 is 0 Å². The Morgan fingerprint density at radius 3 is 2.80 bits per heavy atom. The van der Waals surface area contributed by atoms with Gasteiger partial charge in [-0.2, -0.15) is 0 Å². The molecule has 0 aliphatic heterocycles. The van der Waals surface area contributed by atoms with Crippen molar-refractivity contribution in [1.82, 2.24) is 0 Å². The highest BCUT2D eigenvalue weighted by molar-refractivity contribution is 5.16. The minimum absolute atomic E-state index is 1.02. The summed E-state index contributed by atoms with van der Waals surface area (Å²) < 4.78 is 5.27. The molecule has 0 saturated carbocycles. The first-order valence-corrected chi connectivity index (χ1v) is 3.93. The summed E-state index contributed by atoms with van der Waals surface area (Å²) in [4.78, 5) is 0. The van der Waals surface area contributed by atoms with Gasteiger partial charge in [0.15, 0.2) is 0 Å². The summed E-state index contributed by atoms with van der Waals surface area (Å²) in [5.41, 5.74) is 1.38. The molecule has 1 heteroatoms. The molecule has 1 aromatic heterocycles. The average Bonchev–Trinajstić information content (AvgIpc) is 2.36. The van der Waals surface area contributed by atoms with Crippen LogP contribution in [0.2, 0.25) is 0 Å². The Labute approximate surface area is 62.1 Å². The van der Waals surface area contributed by atoms with Crippen LogP contribution in [0.25, 0.3) is 0 Å². The molecule has 1 rings (SSSR count). The fraction of sp³-hybridized carbons (Fsp3) is 0.556. The maximum Gasteiger partial charge on any atom is 0.106 e. The van der Waals surface area contributed by atoms with Crippen molar-refractivity contribution in [2.24, 2.45) is 0 Å². The van der Waals surface area contributed by atoms with Gasteiger partial charge in [0.2, 0.25) is 0 Å². The second kappa shape index (κ2) is 3.45. The van der Waals surface area contributed by atoms with Crippen molar-refractivity contribution < 1.29 is 4.42 Å². The highest BCUT2D eigenvalue weighted by Gasteiger charge is 2.00. The quantitative estimate of drug-likeness (QED) is 0.626. The van der Waals surface area contributed by atoms with Gasteiger partial charge in [-0.3, -0.25) is 0 Å². The summed E-state index contributed by atoms with van der Waals surface area (Å²) in [5.74, 6) is 1.15. The second-order valence-corrected chi connectivity index (χ2v) is 2.47. The molecular weight excluding hydrogens is 124 g/mol. The molecule has 0 radical (unpaired) electrons. The molecule has 0 aromatic carbocycles. The predicted molar refractivity (Wildman–Crippen MR) is 42.1 cm³/mol. The molecule has 0 atom stereocenters. The van der Waals surface area contributed by atoms with Crippen molar-refractivity contribution in [1.29, 1.82) is 0 Å². The zero-order valence-electron chi connectivity index (χ0n) is 6.68. The van der Waals surface area contributed by atoms with Crippen LogP contribution < -0.4 is 0 Å². The van der Waals surface area contributed by atoms with Gasteiger partial charge in [0.05, 0.1) is 6.26 Å². The SMILES string of the molecule is CCCc1ccoc1CC. The summed E-state index contributed by atoms with van der Waals surface area (Å²) in [6, 6.07) is 2.07. The van der Waals surface area contributed by atoms with E-state index in [1.807, 2.05) is 0 Å². The molecule has 0 aliphatic carbocycles. The Morgan fingerprint density at radius 1 is 1.40 bits per heavy atom. The summed E-state index contributed by atoms with van der Waals surface area (Å²) in [5, 5.41) is 0. The molecule has 0 unspecified atom stereocenters. The minimum Gasteiger partial charge on any atom is -0.469 e. The second-order valence-electron chi connectivity index (χ2n) is 2.47. The third kappa shape index (κ3) is 1.41. The summed E-state index contributed by atoms with van der Waals surface area (Å²) >= 11 is 0. The molecule has 56 valence electrons. The number of furan rings is 1. The lowest BCUT2D eigenvalue weighted by molar-refractivity contribution is 0.511. The van der Waals surface area contributed by atoms with Crippen LogP contribution in [0.1, 0.15) is 31.6 Å². The Hall–Kier alpha value is -0.720. The monoisotopic (exact) mass is 138 g/mol. The van der Waals surface area contributed by atoms with Crippen LogP contribution in [0, 0.1) is 0 Å². The third-order valence-electron chi connectivity index (χ3n) is 1.68. The number of hydrogen-bond donors (Lipinski definition) is 0. The van der Waals surface area contributed by atoms with Gasteiger partial charge in [-0.1, -0.05) is 20.3 Å². The van der Waals surface area contributed by atoms with Crippen LogP contribution in [0.15, 0.2) is 16.7 Å². The van der Waals surface area contributed by atoms with E-state index in [0.29, 0.717) is 0 Å². The normalized spacial score (nSPS) is 10.2. The van der Waals surface area contributed by atoms with Gasteiger partial charge in [-0.25, -0.2) is 0 Å². The van der Waals surface area contributed by atoms with Crippen molar-refractivity contribution >= 4 is 0 Å². The molecule has 0 aliphatic rings. The fourth-order valence-corrected chi connectivity index (χ4v) is 1.17.